The Morgan fingerprint density at radius 3 is 2.55 bits per heavy atom. The molecular formula is C25H28N4O4. The number of aromatic nitrogens is 1. The van der Waals surface area contributed by atoms with Gasteiger partial charge in [0, 0.05) is 18.3 Å². The van der Waals surface area contributed by atoms with Crippen LogP contribution >= 0.6 is 0 Å². The van der Waals surface area contributed by atoms with Crippen LogP contribution in [-0.2, 0) is 9.59 Å². The van der Waals surface area contributed by atoms with E-state index in [0.29, 0.717) is 31.4 Å². The minimum atomic E-state index is -0.726. The fraction of sp³-hybridized carbons (Fsp3) is 0.400. The van der Waals surface area contributed by atoms with Gasteiger partial charge in [-0.25, -0.2) is 0 Å². The van der Waals surface area contributed by atoms with E-state index in [2.05, 4.69) is 10.3 Å². The highest BCUT2D eigenvalue weighted by molar-refractivity contribution is 6.03. The maximum Gasteiger partial charge on any atom is 0.273 e. The first-order valence-electron chi connectivity index (χ1n) is 11.3. The molecule has 2 fully saturated rings. The second-order valence-electron chi connectivity index (χ2n) is 8.63. The topological polar surface area (TPSA) is 99.7 Å². The van der Waals surface area contributed by atoms with Crippen molar-refractivity contribution < 1.29 is 19.2 Å². The van der Waals surface area contributed by atoms with E-state index in [1.165, 1.54) is 4.90 Å². The third-order valence-electron chi connectivity index (χ3n) is 6.34. The SMILES string of the molecule is CCCC(NC(=O)c1ccc(C)cc1)C(=O)N1CCC2C1C(=O)CN2C(=O)c1ccccn1. The van der Waals surface area contributed by atoms with Gasteiger partial charge in [-0.3, -0.25) is 24.2 Å². The van der Waals surface area contributed by atoms with Crippen LogP contribution in [0, 0.1) is 6.92 Å². The lowest BCUT2D eigenvalue weighted by Gasteiger charge is -2.28. The van der Waals surface area contributed by atoms with Gasteiger partial charge >= 0.3 is 0 Å². The molecule has 0 saturated carbocycles. The number of Topliss-reactive ketones (excluding diaryl/α,β-unsaturated/α-hetero) is 1. The number of nitrogens with one attached hydrogen (secondary N) is 1. The van der Waals surface area contributed by atoms with E-state index in [4.69, 9.17) is 0 Å². The van der Waals surface area contributed by atoms with Crippen LogP contribution < -0.4 is 5.32 Å². The van der Waals surface area contributed by atoms with Crippen molar-refractivity contribution in [1.29, 1.82) is 0 Å². The predicted octanol–water partition coefficient (Wildman–Crippen LogP) is 1.98. The Morgan fingerprint density at radius 2 is 1.88 bits per heavy atom. The van der Waals surface area contributed by atoms with Crippen LogP contribution in [-0.4, -0.2) is 69.5 Å². The van der Waals surface area contributed by atoms with Gasteiger partial charge < -0.3 is 15.1 Å². The van der Waals surface area contributed by atoms with Crippen molar-refractivity contribution in [3.05, 3.63) is 65.5 Å². The maximum absolute atomic E-state index is 13.4. The molecule has 0 radical (unpaired) electrons. The number of likely N-dealkylation sites (tertiary alicyclic amines) is 2. The molecule has 1 aromatic heterocycles. The molecule has 0 spiro atoms. The Kier molecular flexibility index (Phi) is 6.53. The fourth-order valence-electron chi connectivity index (χ4n) is 4.67. The van der Waals surface area contributed by atoms with Gasteiger partial charge in [-0.15, -0.1) is 0 Å². The predicted molar refractivity (Wildman–Crippen MR) is 122 cm³/mol. The molecule has 2 aliphatic rings. The number of benzene rings is 1. The van der Waals surface area contributed by atoms with E-state index in [1.807, 2.05) is 26.0 Å². The van der Waals surface area contributed by atoms with Crippen molar-refractivity contribution in [3.63, 3.8) is 0 Å². The molecule has 8 heteroatoms. The van der Waals surface area contributed by atoms with Crippen LogP contribution in [0.25, 0.3) is 0 Å². The molecule has 33 heavy (non-hydrogen) atoms. The van der Waals surface area contributed by atoms with E-state index >= 15 is 0 Å². The second-order valence-corrected chi connectivity index (χ2v) is 8.63. The first-order valence-corrected chi connectivity index (χ1v) is 11.3. The van der Waals surface area contributed by atoms with Crippen molar-refractivity contribution in [2.45, 2.75) is 51.2 Å². The molecule has 3 amide bonds. The zero-order chi connectivity index (χ0) is 23.5. The first kappa shape index (κ1) is 22.6. The smallest absolute Gasteiger partial charge is 0.273 e. The number of carbonyl (C=O) groups excluding carboxylic acids is 4. The van der Waals surface area contributed by atoms with Crippen molar-refractivity contribution in [3.8, 4) is 0 Å². The first-order chi connectivity index (χ1) is 15.9. The number of hydrogen-bond donors (Lipinski definition) is 1. The fourth-order valence-corrected chi connectivity index (χ4v) is 4.67. The van der Waals surface area contributed by atoms with Crippen LogP contribution in [0.4, 0.5) is 0 Å². The van der Waals surface area contributed by atoms with Crippen LogP contribution in [0.3, 0.4) is 0 Å². The normalized spacial score (nSPS) is 20.5. The highest BCUT2D eigenvalue weighted by atomic mass is 16.2. The van der Waals surface area contributed by atoms with E-state index in [1.54, 1.807) is 41.4 Å². The molecule has 1 N–H and O–H groups in total. The number of nitrogens with zero attached hydrogens (tertiary/aromatic N) is 3. The molecule has 172 valence electrons. The van der Waals surface area contributed by atoms with E-state index in [0.717, 1.165) is 5.56 Å². The average molecular weight is 449 g/mol. The van der Waals surface area contributed by atoms with E-state index in [9.17, 15) is 19.2 Å². The van der Waals surface area contributed by atoms with Crippen LogP contribution in [0.2, 0.25) is 0 Å². The Labute approximate surface area is 193 Å². The van der Waals surface area contributed by atoms with Gasteiger partial charge in [0.05, 0.1) is 12.6 Å². The molecule has 8 nitrogen and oxygen atoms in total. The standard InChI is InChI=1S/C25H28N4O4/c1-3-6-19(27-23(31)17-10-8-16(2)9-11-17)25(33)28-14-12-20-22(28)21(30)15-29(20)24(32)18-7-4-5-13-26-18/h4-5,7-11,13,19-20,22H,3,6,12,14-15H2,1-2H3,(H,27,31). The molecule has 3 heterocycles. The minimum absolute atomic E-state index is 0.0390. The van der Waals surface area contributed by atoms with Gasteiger partial charge in [0.2, 0.25) is 5.91 Å². The summed E-state index contributed by atoms with van der Waals surface area (Å²) in [5.74, 6) is -1.05. The lowest BCUT2D eigenvalue weighted by Crippen LogP contribution is -2.52. The molecule has 2 aliphatic heterocycles. The highest BCUT2D eigenvalue weighted by Crippen LogP contribution is 2.31. The van der Waals surface area contributed by atoms with Crippen LogP contribution in [0.1, 0.15) is 52.6 Å². The summed E-state index contributed by atoms with van der Waals surface area (Å²) in [4.78, 5) is 59.2. The quantitative estimate of drug-likeness (QED) is 0.729. The molecule has 2 saturated heterocycles. The molecule has 1 aromatic carbocycles. The summed E-state index contributed by atoms with van der Waals surface area (Å²) in [6.07, 6.45) is 3.23. The van der Waals surface area contributed by atoms with E-state index in [-0.39, 0.29) is 41.8 Å². The molecular weight excluding hydrogens is 420 g/mol. The summed E-state index contributed by atoms with van der Waals surface area (Å²) < 4.78 is 0. The number of aryl methyl sites for hydroxylation is 1. The Balaban J connectivity index is 1.49. The van der Waals surface area contributed by atoms with Crippen LogP contribution in [0.15, 0.2) is 48.7 Å². The van der Waals surface area contributed by atoms with Crippen LogP contribution in [0.5, 0.6) is 0 Å². The highest BCUT2D eigenvalue weighted by Gasteiger charge is 2.52. The lowest BCUT2D eigenvalue weighted by atomic mass is 10.1. The summed E-state index contributed by atoms with van der Waals surface area (Å²) in [6.45, 7) is 4.21. The van der Waals surface area contributed by atoms with E-state index < -0.39 is 12.1 Å². The third kappa shape index (κ3) is 4.51. The monoisotopic (exact) mass is 448 g/mol. The zero-order valence-electron chi connectivity index (χ0n) is 18.9. The van der Waals surface area contributed by atoms with Crippen molar-refractivity contribution in [2.24, 2.45) is 0 Å². The Morgan fingerprint density at radius 1 is 1.12 bits per heavy atom. The molecule has 2 aromatic rings. The number of fused-ring (bicyclic) bond motifs is 1. The molecule has 3 atom stereocenters. The van der Waals surface area contributed by atoms with Gasteiger partial charge in [0.15, 0.2) is 5.78 Å². The number of hydrogen-bond acceptors (Lipinski definition) is 5. The summed E-state index contributed by atoms with van der Waals surface area (Å²) >= 11 is 0. The maximum atomic E-state index is 13.4. The largest absolute Gasteiger partial charge is 0.340 e. The minimum Gasteiger partial charge on any atom is -0.340 e. The number of pyridine rings is 1. The molecule has 0 bridgehead atoms. The summed E-state index contributed by atoms with van der Waals surface area (Å²) in [5.41, 5.74) is 1.81. The average Bonchev–Trinajstić information content (AvgIpc) is 3.40. The number of rotatable bonds is 6. The zero-order valence-corrected chi connectivity index (χ0v) is 18.9. The Bertz CT molecular complexity index is 1050. The number of ketones is 1. The van der Waals surface area contributed by atoms with Gasteiger partial charge in [-0.2, -0.15) is 0 Å². The number of carbonyl (C=O) groups is 4. The Hall–Kier alpha value is -3.55. The molecule has 3 unspecified atom stereocenters. The number of amides is 3. The van der Waals surface area contributed by atoms with Gasteiger partial charge in [-0.05, 0) is 44.0 Å². The third-order valence-corrected chi connectivity index (χ3v) is 6.34. The van der Waals surface area contributed by atoms with Crippen molar-refractivity contribution in [1.82, 2.24) is 20.1 Å². The molecule has 0 aliphatic carbocycles. The summed E-state index contributed by atoms with van der Waals surface area (Å²) in [6, 6.07) is 10.5. The van der Waals surface area contributed by atoms with Crippen molar-refractivity contribution in [2.75, 3.05) is 13.1 Å². The van der Waals surface area contributed by atoms with Gasteiger partial charge in [0.25, 0.3) is 11.8 Å². The summed E-state index contributed by atoms with van der Waals surface area (Å²) in [7, 11) is 0. The molecule has 4 rings (SSSR count). The lowest BCUT2D eigenvalue weighted by molar-refractivity contribution is -0.138. The summed E-state index contributed by atoms with van der Waals surface area (Å²) in [5, 5.41) is 2.85. The van der Waals surface area contributed by atoms with Gasteiger partial charge in [-0.1, -0.05) is 37.1 Å². The second kappa shape index (κ2) is 9.52. The van der Waals surface area contributed by atoms with Gasteiger partial charge in [0.1, 0.15) is 17.8 Å². The van der Waals surface area contributed by atoms with Crippen molar-refractivity contribution >= 4 is 23.5 Å².